The summed E-state index contributed by atoms with van der Waals surface area (Å²) in [4.78, 5) is 6.61. The largest absolute Gasteiger partial charge is 0.377 e. The molecule has 18 heavy (non-hydrogen) atoms. The fourth-order valence-electron chi connectivity index (χ4n) is 2.21. The fourth-order valence-corrected chi connectivity index (χ4v) is 2.21. The molecule has 0 amide bonds. The third kappa shape index (κ3) is 4.08. The minimum Gasteiger partial charge on any atom is -0.377 e. The third-order valence-electron chi connectivity index (χ3n) is 3.40. The first kappa shape index (κ1) is 13.5. The van der Waals surface area contributed by atoms with Crippen molar-refractivity contribution in [3.05, 3.63) is 18.2 Å². The van der Waals surface area contributed by atoms with Crippen LogP contribution in [0.25, 0.3) is 0 Å². The zero-order valence-corrected chi connectivity index (χ0v) is 11.4. The highest BCUT2D eigenvalue weighted by Crippen LogP contribution is 2.10. The first-order chi connectivity index (χ1) is 8.75. The Bertz CT molecular complexity index is 347. The monoisotopic (exact) mass is 252 g/mol. The summed E-state index contributed by atoms with van der Waals surface area (Å²) in [5.74, 6) is 1.11. The van der Waals surface area contributed by atoms with Gasteiger partial charge in [-0.2, -0.15) is 0 Å². The minimum absolute atomic E-state index is 0.435. The number of aromatic nitrogens is 2. The van der Waals surface area contributed by atoms with Crippen LogP contribution in [0.1, 0.15) is 18.7 Å². The van der Waals surface area contributed by atoms with E-state index >= 15 is 0 Å². The van der Waals surface area contributed by atoms with Gasteiger partial charge in [-0.05, 0) is 19.9 Å². The summed E-state index contributed by atoms with van der Waals surface area (Å²) in [7, 11) is 4.16. The van der Waals surface area contributed by atoms with E-state index in [1.807, 2.05) is 19.4 Å². The Morgan fingerprint density at radius 2 is 2.50 bits per heavy atom. The molecule has 1 N–H and O–H groups in total. The van der Waals surface area contributed by atoms with Gasteiger partial charge >= 0.3 is 0 Å². The van der Waals surface area contributed by atoms with E-state index in [4.69, 9.17) is 4.74 Å². The Morgan fingerprint density at radius 1 is 1.61 bits per heavy atom. The molecule has 2 rings (SSSR count). The second-order valence-corrected chi connectivity index (χ2v) is 5.03. The Morgan fingerprint density at radius 3 is 3.17 bits per heavy atom. The van der Waals surface area contributed by atoms with Crippen LogP contribution in [0.15, 0.2) is 12.4 Å². The maximum absolute atomic E-state index is 5.57. The maximum atomic E-state index is 5.57. The van der Waals surface area contributed by atoms with Gasteiger partial charge in [-0.1, -0.05) is 0 Å². The number of imidazole rings is 1. The number of ether oxygens (including phenoxy) is 1. The van der Waals surface area contributed by atoms with Crippen molar-refractivity contribution >= 4 is 0 Å². The average molecular weight is 252 g/mol. The highest BCUT2D eigenvalue weighted by molar-refractivity contribution is 4.90. The molecule has 0 bridgehead atoms. The minimum atomic E-state index is 0.435. The molecule has 1 aliphatic heterocycles. The van der Waals surface area contributed by atoms with E-state index in [2.05, 4.69) is 26.8 Å². The number of nitrogens with zero attached hydrogens (tertiary/aromatic N) is 3. The summed E-state index contributed by atoms with van der Waals surface area (Å²) >= 11 is 0. The molecule has 1 aliphatic rings. The quantitative estimate of drug-likeness (QED) is 0.723. The second kappa shape index (κ2) is 6.87. The fraction of sp³-hybridized carbons (Fsp3) is 0.769. The zero-order chi connectivity index (χ0) is 12.8. The average Bonchev–Trinajstić information content (AvgIpc) is 2.98. The lowest BCUT2D eigenvalue weighted by molar-refractivity contribution is 0.109. The van der Waals surface area contributed by atoms with Gasteiger partial charge in [-0.3, -0.25) is 4.90 Å². The third-order valence-corrected chi connectivity index (χ3v) is 3.40. The molecule has 1 saturated heterocycles. The zero-order valence-electron chi connectivity index (χ0n) is 11.4. The number of likely N-dealkylation sites (N-methyl/N-ethyl adjacent to an activating group) is 1. The van der Waals surface area contributed by atoms with Crippen LogP contribution in [-0.4, -0.2) is 53.8 Å². The van der Waals surface area contributed by atoms with Crippen LogP contribution in [-0.2, 0) is 18.3 Å². The predicted molar refractivity (Wildman–Crippen MR) is 71.4 cm³/mol. The van der Waals surface area contributed by atoms with E-state index in [1.165, 1.54) is 12.8 Å². The van der Waals surface area contributed by atoms with Crippen molar-refractivity contribution in [3.63, 3.8) is 0 Å². The molecule has 5 nitrogen and oxygen atoms in total. The van der Waals surface area contributed by atoms with Crippen LogP contribution in [0.2, 0.25) is 0 Å². The van der Waals surface area contributed by atoms with E-state index in [1.54, 1.807) is 0 Å². The van der Waals surface area contributed by atoms with Crippen LogP contribution in [0, 0.1) is 0 Å². The van der Waals surface area contributed by atoms with Gasteiger partial charge in [-0.15, -0.1) is 0 Å². The summed E-state index contributed by atoms with van der Waals surface area (Å²) in [5.41, 5.74) is 0. The van der Waals surface area contributed by atoms with Crippen LogP contribution >= 0.6 is 0 Å². The number of nitrogens with one attached hydrogen (secondary N) is 1. The lowest BCUT2D eigenvalue weighted by Gasteiger charge is -2.17. The van der Waals surface area contributed by atoms with Crippen molar-refractivity contribution in [1.82, 2.24) is 19.8 Å². The van der Waals surface area contributed by atoms with Gasteiger partial charge < -0.3 is 14.6 Å². The molecule has 1 atom stereocenters. The van der Waals surface area contributed by atoms with E-state index in [9.17, 15) is 0 Å². The number of hydrogen-bond acceptors (Lipinski definition) is 4. The lowest BCUT2D eigenvalue weighted by atomic mass is 10.2. The molecule has 102 valence electrons. The number of rotatable bonds is 7. The van der Waals surface area contributed by atoms with Crippen LogP contribution in [0.5, 0.6) is 0 Å². The van der Waals surface area contributed by atoms with Crippen LogP contribution in [0.3, 0.4) is 0 Å². The number of aryl methyl sites for hydroxylation is 1. The number of hydrogen-bond donors (Lipinski definition) is 1. The molecule has 0 saturated carbocycles. The van der Waals surface area contributed by atoms with Crippen LogP contribution < -0.4 is 5.32 Å². The summed E-state index contributed by atoms with van der Waals surface area (Å²) in [6.07, 6.45) is 6.68. The molecule has 2 heterocycles. The Kier molecular flexibility index (Phi) is 5.16. The first-order valence-corrected chi connectivity index (χ1v) is 6.73. The molecule has 0 radical (unpaired) electrons. The molecule has 0 spiro atoms. The van der Waals surface area contributed by atoms with Gasteiger partial charge in [0.15, 0.2) is 0 Å². The van der Waals surface area contributed by atoms with Gasteiger partial charge in [0.2, 0.25) is 0 Å². The van der Waals surface area contributed by atoms with Gasteiger partial charge in [0.1, 0.15) is 5.82 Å². The molecule has 0 aliphatic carbocycles. The Balaban J connectivity index is 1.57. The van der Waals surface area contributed by atoms with Crippen LogP contribution in [0.4, 0.5) is 0 Å². The van der Waals surface area contributed by atoms with Crippen molar-refractivity contribution in [2.24, 2.45) is 7.05 Å². The summed E-state index contributed by atoms with van der Waals surface area (Å²) in [5, 5.41) is 3.46. The summed E-state index contributed by atoms with van der Waals surface area (Å²) in [6, 6.07) is 0. The maximum Gasteiger partial charge on any atom is 0.122 e. The molecule has 5 heteroatoms. The van der Waals surface area contributed by atoms with Crippen molar-refractivity contribution in [2.75, 3.05) is 33.3 Å². The molecule has 1 fully saturated rings. The molecule has 0 aromatic carbocycles. The summed E-state index contributed by atoms with van der Waals surface area (Å²) < 4.78 is 7.64. The van der Waals surface area contributed by atoms with E-state index in [-0.39, 0.29) is 0 Å². The molecule has 1 unspecified atom stereocenters. The normalized spacial score (nSPS) is 19.8. The van der Waals surface area contributed by atoms with Crippen molar-refractivity contribution in [2.45, 2.75) is 25.5 Å². The Labute approximate surface area is 109 Å². The van der Waals surface area contributed by atoms with E-state index in [0.29, 0.717) is 6.10 Å². The SMILES string of the molecule is CN(CCNCC1CCCO1)Cc1nccn1C. The molecular weight excluding hydrogens is 228 g/mol. The molecule has 1 aromatic heterocycles. The van der Waals surface area contributed by atoms with Gasteiger partial charge in [-0.25, -0.2) is 4.98 Å². The Hall–Kier alpha value is -0.910. The molecule has 1 aromatic rings. The van der Waals surface area contributed by atoms with Crippen molar-refractivity contribution in [3.8, 4) is 0 Å². The van der Waals surface area contributed by atoms with Crippen molar-refractivity contribution < 1.29 is 4.74 Å². The van der Waals surface area contributed by atoms with Crippen molar-refractivity contribution in [1.29, 1.82) is 0 Å². The standard InChI is InChI=1S/C13H24N4O/c1-16(11-13-15-6-8-17(13)2)7-5-14-10-12-4-3-9-18-12/h6,8,12,14H,3-5,7,9-11H2,1-2H3. The highest BCUT2D eigenvalue weighted by Gasteiger charge is 2.14. The topological polar surface area (TPSA) is 42.3 Å². The van der Waals surface area contributed by atoms with E-state index in [0.717, 1.165) is 38.6 Å². The lowest BCUT2D eigenvalue weighted by Crippen LogP contribution is -2.33. The summed E-state index contributed by atoms with van der Waals surface area (Å²) in [6.45, 7) is 4.84. The molecular formula is C13H24N4O. The predicted octanol–water partition coefficient (Wildman–Crippen LogP) is 0.620. The van der Waals surface area contributed by atoms with Gasteiger partial charge in [0, 0.05) is 45.7 Å². The van der Waals surface area contributed by atoms with Gasteiger partial charge in [0.25, 0.3) is 0 Å². The van der Waals surface area contributed by atoms with E-state index < -0.39 is 0 Å². The van der Waals surface area contributed by atoms with Gasteiger partial charge in [0.05, 0.1) is 12.6 Å². The first-order valence-electron chi connectivity index (χ1n) is 6.73. The smallest absolute Gasteiger partial charge is 0.122 e. The highest BCUT2D eigenvalue weighted by atomic mass is 16.5. The second-order valence-electron chi connectivity index (χ2n) is 5.03.